The van der Waals surface area contributed by atoms with Gasteiger partial charge in [-0.1, -0.05) is 75.4 Å². The van der Waals surface area contributed by atoms with E-state index in [4.69, 9.17) is 23.7 Å². The number of fused-ring (bicyclic) bond motifs is 4. The predicted molar refractivity (Wildman–Crippen MR) is 156 cm³/mol. The molecule has 9 atom stereocenters. The van der Waals surface area contributed by atoms with Crippen LogP contribution in [0.1, 0.15) is 63.2 Å². The number of cyclic esters (lactones) is 1. The molecule has 8 nitrogen and oxygen atoms in total. The third kappa shape index (κ3) is 3.17. The standard InChI is InChI=1S/C36H36O8/c1-19(2)34-29(43-34)30-36(44-30)33(3)16-15-23-24(18-40-31(23)39)25(33)17-27-35(36,42-27)32(34)41-28(38)14-13-26(37)22-11-9-21(10-12-22)20-7-5-4-6-8-20/h4-12,19,25,27,29-30,32H,13-18H2,1-3H3. The number of hydrogen-bond donors (Lipinski definition) is 0. The maximum absolute atomic E-state index is 13.5. The highest BCUT2D eigenvalue weighted by atomic mass is 16.8. The molecule has 7 aliphatic rings. The van der Waals surface area contributed by atoms with Crippen molar-refractivity contribution in [3.05, 3.63) is 71.3 Å². The molecule has 0 N–H and O–H groups in total. The summed E-state index contributed by atoms with van der Waals surface area (Å²) in [5, 5.41) is 0. The van der Waals surface area contributed by atoms with Crippen LogP contribution < -0.4 is 0 Å². The van der Waals surface area contributed by atoms with Crippen molar-refractivity contribution in [2.75, 3.05) is 6.61 Å². The molecule has 2 aromatic carbocycles. The zero-order valence-corrected chi connectivity index (χ0v) is 25.2. The van der Waals surface area contributed by atoms with Crippen molar-refractivity contribution in [3.63, 3.8) is 0 Å². The Morgan fingerprint density at radius 2 is 1.70 bits per heavy atom. The number of hydrogen-bond acceptors (Lipinski definition) is 8. The van der Waals surface area contributed by atoms with E-state index in [2.05, 4.69) is 20.8 Å². The molecule has 3 aliphatic carbocycles. The molecule has 0 amide bonds. The molecule has 4 aliphatic heterocycles. The first-order valence-corrected chi connectivity index (χ1v) is 16.0. The van der Waals surface area contributed by atoms with Crippen molar-refractivity contribution in [3.8, 4) is 11.1 Å². The van der Waals surface area contributed by atoms with Gasteiger partial charge in [-0.3, -0.25) is 9.59 Å². The van der Waals surface area contributed by atoms with Gasteiger partial charge in [-0.05, 0) is 47.8 Å². The van der Waals surface area contributed by atoms with Crippen LogP contribution in [0.3, 0.4) is 0 Å². The summed E-state index contributed by atoms with van der Waals surface area (Å²) in [6.07, 6.45) is 1.06. The number of rotatable bonds is 7. The van der Waals surface area contributed by atoms with E-state index in [9.17, 15) is 14.4 Å². The fourth-order valence-corrected chi connectivity index (χ4v) is 9.87. The third-order valence-electron chi connectivity index (χ3n) is 12.2. The van der Waals surface area contributed by atoms with Gasteiger partial charge in [0.2, 0.25) is 0 Å². The highest BCUT2D eigenvalue weighted by Crippen LogP contribution is 2.83. The van der Waals surface area contributed by atoms with Crippen LogP contribution in [0.25, 0.3) is 11.1 Å². The molecule has 0 radical (unpaired) electrons. The van der Waals surface area contributed by atoms with Crippen molar-refractivity contribution in [1.82, 2.24) is 0 Å². The molecule has 228 valence electrons. The lowest BCUT2D eigenvalue weighted by molar-refractivity contribution is -0.169. The van der Waals surface area contributed by atoms with E-state index in [0.29, 0.717) is 18.6 Å². The summed E-state index contributed by atoms with van der Waals surface area (Å²) in [6.45, 7) is 6.79. The fourth-order valence-electron chi connectivity index (χ4n) is 9.87. The second kappa shape index (κ2) is 8.68. The van der Waals surface area contributed by atoms with E-state index >= 15 is 0 Å². The van der Waals surface area contributed by atoms with E-state index in [0.717, 1.165) is 35.1 Å². The molecule has 2 spiro atoms. The van der Waals surface area contributed by atoms with Gasteiger partial charge in [0, 0.05) is 23.0 Å². The van der Waals surface area contributed by atoms with Gasteiger partial charge in [-0.25, -0.2) is 4.79 Å². The summed E-state index contributed by atoms with van der Waals surface area (Å²) < 4.78 is 31.8. The topological polar surface area (TPSA) is 107 Å². The van der Waals surface area contributed by atoms with E-state index in [1.165, 1.54) is 0 Å². The second-order valence-electron chi connectivity index (χ2n) is 14.2. The monoisotopic (exact) mass is 596 g/mol. The van der Waals surface area contributed by atoms with Gasteiger partial charge in [0.25, 0.3) is 0 Å². The molecular weight excluding hydrogens is 560 g/mol. The van der Waals surface area contributed by atoms with E-state index in [1.807, 2.05) is 54.6 Å². The number of esters is 2. The van der Waals surface area contributed by atoms with Crippen molar-refractivity contribution >= 4 is 17.7 Å². The molecular formula is C36H36O8. The number of epoxide rings is 3. The molecule has 0 bridgehead atoms. The lowest BCUT2D eigenvalue weighted by Gasteiger charge is -2.53. The average molecular weight is 597 g/mol. The number of ketones is 1. The van der Waals surface area contributed by atoms with Gasteiger partial charge >= 0.3 is 11.9 Å². The van der Waals surface area contributed by atoms with Crippen molar-refractivity contribution in [2.45, 2.75) is 94.1 Å². The first kappa shape index (κ1) is 27.0. The number of benzene rings is 2. The molecule has 2 saturated carbocycles. The van der Waals surface area contributed by atoms with Gasteiger partial charge in [0.05, 0.1) is 12.5 Å². The quantitative estimate of drug-likeness (QED) is 0.250. The first-order chi connectivity index (χ1) is 21.2. The van der Waals surface area contributed by atoms with Gasteiger partial charge in [-0.2, -0.15) is 0 Å². The molecule has 9 unspecified atom stereocenters. The molecule has 9 rings (SSSR count). The summed E-state index contributed by atoms with van der Waals surface area (Å²) in [7, 11) is 0. The molecule has 0 aromatic heterocycles. The minimum absolute atomic E-state index is 0.0256. The Morgan fingerprint density at radius 3 is 2.45 bits per heavy atom. The van der Waals surface area contributed by atoms with Crippen LogP contribution in [0, 0.1) is 17.3 Å². The van der Waals surface area contributed by atoms with E-state index in [1.54, 1.807) is 0 Å². The van der Waals surface area contributed by atoms with Crippen LogP contribution in [-0.2, 0) is 33.3 Å². The van der Waals surface area contributed by atoms with E-state index in [-0.39, 0.29) is 60.2 Å². The Morgan fingerprint density at radius 1 is 0.955 bits per heavy atom. The minimum atomic E-state index is -0.797. The van der Waals surface area contributed by atoms with Crippen LogP contribution in [0.5, 0.6) is 0 Å². The normalized spacial score (nSPS) is 41.7. The lowest BCUT2D eigenvalue weighted by Crippen LogP contribution is -2.70. The Balaban J connectivity index is 0.958. The van der Waals surface area contributed by atoms with Crippen LogP contribution in [-0.4, -0.2) is 65.5 Å². The zero-order valence-electron chi connectivity index (χ0n) is 25.2. The predicted octanol–water partition coefficient (Wildman–Crippen LogP) is 4.98. The van der Waals surface area contributed by atoms with Gasteiger partial charge < -0.3 is 23.7 Å². The average Bonchev–Trinajstić information content (AvgIpc) is 3.95. The van der Waals surface area contributed by atoms with Crippen molar-refractivity contribution < 1.29 is 38.1 Å². The number of carbonyl (C=O) groups is 3. The summed E-state index contributed by atoms with van der Waals surface area (Å²) >= 11 is 0. The van der Waals surface area contributed by atoms with Gasteiger partial charge in [0.1, 0.15) is 30.0 Å². The minimum Gasteiger partial charge on any atom is -0.458 e. The second-order valence-corrected chi connectivity index (χ2v) is 14.2. The largest absolute Gasteiger partial charge is 0.458 e. The maximum Gasteiger partial charge on any atom is 0.334 e. The SMILES string of the molecule is CC(C)C12OC1C1OC13C1(C)CCC4=C(COC4=O)C1CC1OC13C2OC(=O)CCC(=O)c1ccc(-c2ccccc2)cc1. The fraction of sp³-hybridized carbons (Fsp3) is 0.528. The summed E-state index contributed by atoms with van der Waals surface area (Å²) in [5.41, 5.74) is 2.17. The highest BCUT2D eigenvalue weighted by molar-refractivity contribution is 5.98. The highest BCUT2D eigenvalue weighted by Gasteiger charge is 3.01. The lowest BCUT2D eigenvalue weighted by atomic mass is 9.46. The number of carbonyl (C=O) groups excluding carboxylic acids is 3. The third-order valence-corrected chi connectivity index (χ3v) is 12.2. The molecule has 2 aromatic rings. The zero-order chi connectivity index (χ0) is 30.2. The summed E-state index contributed by atoms with van der Waals surface area (Å²) in [4.78, 5) is 39.0. The van der Waals surface area contributed by atoms with E-state index < -0.39 is 28.9 Å². The molecule has 3 saturated heterocycles. The van der Waals surface area contributed by atoms with Crippen molar-refractivity contribution in [2.24, 2.45) is 17.3 Å². The van der Waals surface area contributed by atoms with Gasteiger partial charge in [0.15, 0.2) is 17.5 Å². The molecule has 4 heterocycles. The Labute approximate surface area is 256 Å². The first-order valence-electron chi connectivity index (χ1n) is 16.0. The van der Waals surface area contributed by atoms with Crippen LogP contribution in [0.2, 0.25) is 0 Å². The smallest absolute Gasteiger partial charge is 0.334 e. The van der Waals surface area contributed by atoms with Crippen molar-refractivity contribution in [1.29, 1.82) is 0 Å². The van der Waals surface area contributed by atoms with Crippen LogP contribution >= 0.6 is 0 Å². The van der Waals surface area contributed by atoms with Gasteiger partial charge in [-0.15, -0.1) is 0 Å². The number of ether oxygens (including phenoxy) is 5. The summed E-state index contributed by atoms with van der Waals surface area (Å²) in [6, 6.07) is 17.5. The number of Topliss-reactive ketones (excluding diaryl/α,β-unsaturated/α-hetero) is 1. The van der Waals surface area contributed by atoms with Crippen LogP contribution in [0.4, 0.5) is 0 Å². The summed E-state index contributed by atoms with van der Waals surface area (Å²) in [5.74, 6) is -0.535. The molecule has 5 fully saturated rings. The Bertz CT molecular complexity index is 1650. The Hall–Kier alpha value is -3.33. The molecule has 8 heteroatoms. The molecule has 44 heavy (non-hydrogen) atoms. The Kier molecular flexibility index (Phi) is 5.33. The maximum atomic E-state index is 13.5. The van der Waals surface area contributed by atoms with Crippen LogP contribution in [0.15, 0.2) is 65.7 Å².